The van der Waals surface area contributed by atoms with E-state index in [9.17, 15) is 15.0 Å². The van der Waals surface area contributed by atoms with Gasteiger partial charge < -0.3 is 14.9 Å². The van der Waals surface area contributed by atoms with E-state index in [0.717, 1.165) is 31.3 Å². The van der Waals surface area contributed by atoms with Crippen LogP contribution >= 0.6 is 0 Å². The molecule has 0 heterocycles. The third kappa shape index (κ3) is 10.3. The number of hydrogen-bond acceptors (Lipinski definition) is 4. The summed E-state index contributed by atoms with van der Waals surface area (Å²) in [6, 6.07) is 4.47. The van der Waals surface area contributed by atoms with Gasteiger partial charge in [-0.1, -0.05) is 29.4 Å². The fraction of sp³-hybridized carbons (Fsp3) is 0.435. The molecule has 0 saturated heterocycles. The van der Waals surface area contributed by atoms with Gasteiger partial charge in [0.2, 0.25) is 0 Å². The number of phenolic OH excluding ortho intramolecular Hbond substituents is 2. The summed E-state index contributed by atoms with van der Waals surface area (Å²) in [7, 11) is 0. The van der Waals surface area contributed by atoms with Gasteiger partial charge in [0.25, 0.3) is 0 Å². The van der Waals surface area contributed by atoms with E-state index in [1.807, 2.05) is 6.08 Å². The molecular weight excluding hydrogens is 340 g/mol. The minimum absolute atomic E-state index is 0.118. The number of hydrogen-bond donors (Lipinski definition) is 2. The third-order valence-electron chi connectivity index (χ3n) is 4.18. The Hall–Kier alpha value is -2.49. The zero-order valence-corrected chi connectivity index (χ0v) is 16.9. The van der Waals surface area contributed by atoms with Crippen molar-refractivity contribution in [2.24, 2.45) is 0 Å². The largest absolute Gasteiger partial charge is 0.508 e. The number of carbonyl (C=O) groups is 1. The minimum Gasteiger partial charge on any atom is -0.508 e. The zero-order valence-electron chi connectivity index (χ0n) is 16.9. The maximum atomic E-state index is 11.1. The number of carbonyl (C=O) groups excluding carboxylic acids is 1. The van der Waals surface area contributed by atoms with Gasteiger partial charge in [-0.3, -0.25) is 4.79 Å². The molecule has 0 aliphatic heterocycles. The third-order valence-corrected chi connectivity index (χ3v) is 4.18. The van der Waals surface area contributed by atoms with Gasteiger partial charge in [0.15, 0.2) is 0 Å². The SMILES string of the molecule is CC(=O)OCC(=CCc1cc(O)ccc1O)CCC=C(C)CCC=C(C)C. The first-order chi connectivity index (χ1) is 12.8. The minimum atomic E-state index is -0.311. The van der Waals surface area contributed by atoms with Crippen molar-refractivity contribution in [3.8, 4) is 11.5 Å². The van der Waals surface area contributed by atoms with Crippen LogP contribution in [0.5, 0.6) is 11.5 Å². The highest BCUT2D eigenvalue weighted by Gasteiger charge is 2.04. The summed E-state index contributed by atoms with van der Waals surface area (Å²) >= 11 is 0. The average Bonchev–Trinajstić information content (AvgIpc) is 2.59. The predicted octanol–water partition coefficient (Wildman–Crippen LogP) is 5.60. The van der Waals surface area contributed by atoms with E-state index >= 15 is 0 Å². The maximum Gasteiger partial charge on any atom is 0.302 e. The lowest BCUT2D eigenvalue weighted by Gasteiger charge is -2.09. The Morgan fingerprint density at radius 1 is 1.00 bits per heavy atom. The molecule has 2 N–H and O–H groups in total. The smallest absolute Gasteiger partial charge is 0.302 e. The Morgan fingerprint density at radius 3 is 2.37 bits per heavy atom. The van der Waals surface area contributed by atoms with Gasteiger partial charge in [-0.15, -0.1) is 0 Å². The first-order valence-electron chi connectivity index (χ1n) is 9.39. The lowest BCUT2D eigenvalue weighted by molar-refractivity contribution is -0.140. The molecule has 0 aliphatic rings. The summed E-state index contributed by atoms with van der Waals surface area (Å²) in [5.41, 5.74) is 4.33. The summed E-state index contributed by atoms with van der Waals surface area (Å²) in [6.07, 6.45) is 10.7. The Bertz CT molecular complexity index is 707. The van der Waals surface area contributed by atoms with Gasteiger partial charge in [0.05, 0.1) is 0 Å². The lowest BCUT2D eigenvalue weighted by atomic mass is 10.0. The summed E-state index contributed by atoms with van der Waals surface area (Å²) in [6.45, 7) is 8.00. The topological polar surface area (TPSA) is 66.8 Å². The Labute approximate surface area is 162 Å². The summed E-state index contributed by atoms with van der Waals surface area (Å²) < 4.78 is 5.15. The highest BCUT2D eigenvalue weighted by Crippen LogP contribution is 2.23. The second-order valence-electron chi connectivity index (χ2n) is 7.07. The average molecular weight is 373 g/mol. The number of allylic oxidation sites excluding steroid dienone is 5. The van der Waals surface area contributed by atoms with Crippen molar-refractivity contribution in [2.75, 3.05) is 6.61 Å². The van der Waals surface area contributed by atoms with Crippen LogP contribution in [0.2, 0.25) is 0 Å². The maximum absolute atomic E-state index is 11.1. The first kappa shape index (κ1) is 22.6. The fourth-order valence-corrected chi connectivity index (χ4v) is 2.61. The molecule has 0 unspecified atom stereocenters. The van der Waals surface area contributed by atoms with Crippen LogP contribution in [0.1, 0.15) is 58.9 Å². The molecule has 4 heteroatoms. The Balaban J connectivity index is 2.69. The highest BCUT2D eigenvalue weighted by atomic mass is 16.5. The first-order valence-corrected chi connectivity index (χ1v) is 9.39. The second-order valence-corrected chi connectivity index (χ2v) is 7.07. The molecule has 1 aromatic rings. The van der Waals surface area contributed by atoms with Crippen molar-refractivity contribution >= 4 is 5.97 Å². The molecule has 0 aliphatic carbocycles. The van der Waals surface area contributed by atoms with E-state index in [2.05, 4.69) is 32.9 Å². The quantitative estimate of drug-likeness (QED) is 0.318. The molecule has 0 spiro atoms. The molecule has 1 rings (SSSR count). The molecule has 0 fully saturated rings. The summed E-state index contributed by atoms with van der Waals surface area (Å²) in [5, 5.41) is 19.5. The van der Waals surface area contributed by atoms with Crippen molar-refractivity contribution in [3.05, 3.63) is 58.7 Å². The molecular formula is C23H32O4. The summed E-state index contributed by atoms with van der Waals surface area (Å²) in [5.74, 6) is -0.0480. The van der Waals surface area contributed by atoms with Gasteiger partial charge in [-0.05, 0) is 76.6 Å². The van der Waals surface area contributed by atoms with Gasteiger partial charge in [-0.25, -0.2) is 0 Å². The molecule has 27 heavy (non-hydrogen) atoms. The van der Waals surface area contributed by atoms with Crippen LogP contribution in [0, 0.1) is 0 Å². The molecule has 1 aromatic carbocycles. The van der Waals surface area contributed by atoms with E-state index in [1.165, 1.54) is 30.2 Å². The number of ether oxygens (including phenoxy) is 1. The Kier molecular flexibility index (Phi) is 10.0. The van der Waals surface area contributed by atoms with Crippen molar-refractivity contribution in [1.29, 1.82) is 0 Å². The number of rotatable bonds is 10. The van der Waals surface area contributed by atoms with Crippen molar-refractivity contribution in [1.82, 2.24) is 0 Å². The van der Waals surface area contributed by atoms with E-state index in [-0.39, 0.29) is 24.1 Å². The molecule has 4 nitrogen and oxygen atoms in total. The normalized spacial score (nSPS) is 12.0. The van der Waals surface area contributed by atoms with E-state index in [1.54, 1.807) is 6.07 Å². The number of benzene rings is 1. The van der Waals surface area contributed by atoms with Crippen LogP contribution in [-0.4, -0.2) is 22.8 Å². The van der Waals surface area contributed by atoms with Crippen molar-refractivity contribution < 1.29 is 19.7 Å². The Morgan fingerprint density at radius 2 is 1.70 bits per heavy atom. The molecule has 0 radical (unpaired) electrons. The van der Waals surface area contributed by atoms with Crippen LogP contribution < -0.4 is 0 Å². The molecule has 0 saturated carbocycles. The van der Waals surface area contributed by atoms with E-state index in [0.29, 0.717) is 12.0 Å². The second kappa shape index (κ2) is 12.0. The highest BCUT2D eigenvalue weighted by molar-refractivity contribution is 5.66. The molecule has 148 valence electrons. The number of phenols is 2. The summed E-state index contributed by atoms with van der Waals surface area (Å²) in [4.78, 5) is 11.1. The van der Waals surface area contributed by atoms with Gasteiger partial charge in [-0.2, -0.15) is 0 Å². The van der Waals surface area contributed by atoms with Gasteiger partial charge >= 0.3 is 5.97 Å². The number of esters is 1. The lowest BCUT2D eigenvalue weighted by Crippen LogP contribution is -2.04. The molecule has 0 bridgehead atoms. The number of aromatic hydroxyl groups is 2. The van der Waals surface area contributed by atoms with Crippen LogP contribution in [0.4, 0.5) is 0 Å². The van der Waals surface area contributed by atoms with E-state index < -0.39 is 0 Å². The van der Waals surface area contributed by atoms with Crippen LogP contribution in [0.15, 0.2) is 53.1 Å². The van der Waals surface area contributed by atoms with Gasteiger partial charge in [0.1, 0.15) is 18.1 Å². The fourth-order valence-electron chi connectivity index (χ4n) is 2.61. The predicted molar refractivity (Wildman–Crippen MR) is 110 cm³/mol. The van der Waals surface area contributed by atoms with Crippen LogP contribution in [0.25, 0.3) is 0 Å². The standard InChI is InChI=1S/C23H32O4/c1-17(2)7-5-8-18(3)9-6-10-20(16-27-19(4)24)11-12-21-15-22(25)13-14-23(21)26/h7,9,11,13-15,25-26H,5-6,8,10,12,16H2,1-4H3. The monoisotopic (exact) mass is 372 g/mol. The zero-order chi connectivity index (χ0) is 20.2. The molecule has 0 aromatic heterocycles. The van der Waals surface area contributed by atoms with Crippen LogP contribution in [0.3, 0.4) is 0 Å². The van der Waals surface area contributed by atoms with Crippen molar-refractivity contribution in [3.63, 3.8) is 0 Å². The van der Waals surface area contributed by atoms with Crippen LogP contribution in [-0.2, 0) is 16.0 Å². The van der Waals surface area contributed by atoms with E-state index in [4.69, 9.17) is 4.74 Å². The van der Waals surface area contributed by atoms with Crippen molar-refractivity contribution in [2.45, 2.75) is 59.8 Å². The van der Waals surface area contributed by atoms with Gasteiger partial charge in [0, 0.05) is 12.5 Å². The molecule has 0 atom stereocenters. The molecule has 0 amide bonds.